The number of hydrogen-bond donors (Lipinski definition) is 1. The van der Waals surface area contributed by atoms with Gasteiger partial charge < -0.3 is 14.6 Å². The minimum absolute atomic E-state index is 0.679. The van der Waals surface area contributed by atoms with Crippen LogP contribution in [0, 0.1) is 0 Å². The number of benzene rings is 1. The molecule has 2 aromatic rings. The van der Waals surface area contributed by atoms with E-state index in [2.05, 4.69) is 22.4 Å². The van der Waals surface area contributed by atoms with Crippen LogP contribution < -0.4 is 10.2 Å². The Kier molecular flexibility index (Phi) is 2.52. The van der Waals surface area contributed by atoms with Gasteiger partial charge in [-0.1, -0.05) is 0 Å². The van der Waals surface area contributed by atoms with Crippen molar-refractivity contribution in [1.82, 2.24) is 10.3 Å². The van der Waals surface area contributed by atoms with E-state index < -0.39 is 0 Å². The molecule has 0 saturated heterocycles. The van der Waals surface area contributed by atoms with Crippen molar-refractivity contribution in [2.75, 3.05) is 32.1 Å². The van der Waals surface area contributed by atoms with Crippen molar-refractivity contribution in [3.63, 3.8) is 0 Å². The van der Waals surface area contributed by atoms with Crippen LogP contribution in [0.15, 0.2) is 16.5 Å². The molecule has 0 amide bonds. The Morgan fingerprint density at radius 1 is 1.18 bits per heavy atom. The number of aromatic nitrogens is 1. The van der Waals surface area contributed by atoms with Crippen LogP contribution in [0.4, 0.5) is 6.01 Å². The Bertz CT molecular complexity index is 502. The van der Waals surface area contributed by atoms with E-state index in [1.807, 2.05) is 19.0 Å². The van der Waals surface area contributed by atoms with E-state index in [-0.39, 0.29) is 0 Å². The van der Waals surface area contributed by atoms with E-state index in [1.165, 1.54) is 11.1 Å². The molecule has 1 aliphatic rings. The van der Waals surface area contributed by atoms with Crippen LogP contribution >= 0.6 is 0 Å². The summed E-state index contributed by atoms with van der Waals surface area (Å²) in [6.07, 6.45) is 2.15. The first-order valence-corrected chi connectivity index (χ1v) is 6.04. The summed E-state index contributed by atoms with van der Waals surface area (Å²) in [6.45, 7) is 2.10. The lowest BCUT2D eigenvalue weighted by atomic mass is 10.0. The topological polar surface area (TPSA) is 41.3 Å². The molecule has 3 rings (SSSR count). The van der Waals surface area contributed by atoms with Crippen molar-refractivity contribution in [2.45, 2.75) is 12.8 Å². The van der Waals surface area contributed by atoms with Gasteiger partial charge in [0.2, 0.25) is 0 Å². The first kappa shape index (κ1) is 10.6. The molecule has 1 aromatic carbocycles. The van der Waals surface area contributed by atoms with Crippen LogP contribution in [-0.2, 0) is 12.8 Å². The van der Waals surface area contributed by atoms with Gasteiger partial charge in [0.05, 0.1) is 0 Å². The summed E-state index contributed by atoms with van der Waals surface area (Å²) >= 11 is 0. The summed E-state index contributed by atoms with van der Waals surface area (Å²) in [5.41, 5.74) is 4.66. The minimum Gasteiger partial charge on any atom is -0.423 e. The van der Waals surface area contributed by atoms with Gasteiger partial charge in [0.15, 0.2) is 5.58 Å². The second-order valence-electron chi connectivity index (χ2n) is 4.73. The maximum Gasteiger partial charge on any atom is 0.297 e. The van der Waals surface area contributed by atoms with Crippen molar-refractivity contribution in [1.29, 1.82) is 0 Å². The van der Waals surface area contributed by atoms with Crippen molar-refractivity contribution >= 4 is 17.1 Å². The molecule has 2 heterocycles. The van der Waals surface area contributed by atoms with E-state index in [0.717, 1.165) is 37.0 Å². The highest BCUT2D eigenvalue weighted by Gasteiger charge is 2.13. The normalized spacial score (nSPS) is 15.6. The van der Waals surface area contributed by atoms with Crippen molar-refractivity contribution in [2.24, 2.45) is 0 Å². The maximum absolute atomic E-state index is 5.73. The van der Waals surface area contributed by atoms with Gasteiger partial charge in [-0.15, -0.1) is 0 Å². The molecule has 4 heteroatoms. The van der Waals surface area contributed by atoms with Crippen LogP contribution in [0.2, 0.25) is 0 Å². The molecule has 4 nitrogen and oxygen atoms in total. The van der Waals surface area contributed by atoms with Gasteiger partial charge in [0.25, 0.3) is 6.01 Å². The highest BCUT2D eigenvalue weighted by molar-refractivity contribution is 5.76. The Balaban J connectivity index is 2.12. The molecule has 0 unspecified atom stereocenters. The number of hydrogen-bond acceptors (Lipinski definition) is 4. The average molecular weight is 231 g/mol. The van der Waals surface area contributed by atoms with Gasteiger partial charge in [-0.25, -0.2) is 0 Å². The molecule has 17 heavy (non-hydrogen) atoms. The third kappa shape index (κ3) is 1.89. The van der Waals surface area contributed by atoms with E-state index >= 15 is 0 Å². The summed E-state index contributed by atoms with van der Waals surface area (Å²) in [4.78, 5) is 6.39. The lowest BCUT2D eigenvalue weighted by Gasteiger charge is -2.03. The number of oxazole rings is 1. The summed E-state index contributed by atoms with van der Waals surface area (Å²) in [7, 11) is 3.89. The molecule has 90 valence electrons. The summed E-state index contributed by atoms with van der Waals surface area (Å²) in [5.74, 6) is 0. The predicted molar refractivity (Wildman–Crippen MR) is 68.6 cm³/mol. The Morgan fingerprint density at radius 3 is 2.59 bits per heavy atom. The number of nitrogens with zero attached hydrogens (tertiary/aromatic N) is 2. The van der Waals surface area contributed by atoms with E-state index in [0.29, 0.717) is 6.01 Å². The van der Waals surface area contributed by atoms with Crippen LogP contribution in [0.25, 0.3) is 11.1 Å². The number of fused-ring (bicyclic) bond motifs is 2. The molecule has 0 fully saturated rings. The van der Waals surface area contributed by atoms with Crippen LogP contribution in [0.1, 0.15) is 11.1 Å². The lowest BCUT2D eigenvalue weighted by Crippen LogP contribution is -2.16. The largest absolute Gasteiger partial charge is 0.423 e. The molecule has 1 aromatic heterocycles. The monoisotopic (exact) mass is 231 g/mol. The molecular weight excluding hydrogens is 214 g/mol. The molecule has 0 radical (unpaired) electrons. The van der Waals surface area contributed by atoms with Crippen molar-refractivity contribution < 1.29 is 4.42 Å². The van der Waals surface area contributed by atoms with E-state index in [9.17, 15) is 0 Å². The molecule has 1 aliphatic heterocycles. The molecule has 0 bridgehead atoms. The molecule has 0 aliphatic carbocycles. The molecule has 0 saturated carbocycles. The Hall–Kier alpha value is -1.55. The first-order valence-electron chi connectivity index (χ1n) is 6.04. The second-order valence-corrected chi connectivity index (χ2v) is 4.73. The molecular formula is C13H17N3O. The molecule has 0 atom stereocenters. The zero-order valence-corrected chi connectivity index (χ0v) is 10.3. The third-order valence-corrected chi connectivity index (χ3v) is 3.22. The molecule has 0 spiro atoms. The van der Waals surface area contributed by atoms with Gasteiger partial charge >= 0.3 is 0 Å². The van der Waals surface area contributed by atoms with Crippen LogP contribution in [0.3, 0.4) is 0 Å². The zero-order chi connectivity index (χ0) is 11.8. The van der Waals surface area contributed by atoms with Crippen LogP contribution in [0.5, 0.6) is 0 Å². The predicted octanol–water partition coefficient (Wildman–Crippen LogP) is 1.58. The minimum atomic E-state index is 0.679. The average Bonchev–Trinajstić information content (AvgIpc) is 2.58. The number of rotatable bonds is 1. The zero-order valence-electron chi connectivity index (χ0n) is 10.3. The van der Waals surface area contributed by atoms with Gasteiger partial charge in [-0.2, -0.15) is 4.98 Å². The van der Waals surface area contributed by atoms with E-state index in [4.69, 9.17) is 4.42 Å². The Morgan fingerprint density at radius 2 is 1.88 bits per heavy atom. The third-order valence-electron chi connectivity index (χ3n) is 3.22. The quantitative estimate of drug-likeness (QED) is 0.809. The Labute approximate surface area is 101 Å². The maximum atomic E-state index is 5.73. The first-order chi connectivity index (χ1) is 8.24. The van der Waals surface area contributed by atoms with Crippen molar-refractivity contribution in [3.8, 4) is 0 Å². The molecule has 1 N–H and O–H groups in total. The fourth-order valence-electron chi connectivity index (χ4n) is 2.27. The smallest absolute Gasteiger partial charge is 0.297 e. The van der Waals surface area contributed by atoms with Gasteiger partial charge in [-0.05, 0) is 49.2 Å². The summed E-state index contributed by atoms with van der Waals surface area (Å²) in [5, 5.41) is 3.41. The lowest BCUT2D eigenvalue weighted by molar-refractivity contribution is 0.596. The van der Waals surface area contributed by atoms with E-state index in [1.54, 1.807) is 0 Å². The SMILES string of the molecule is CN(C)c1nc2cc3c(cc2o1)CCNCC3. The second kappa shape index (κ2) is 4.04. The van der Waals surface area contributed by atoms with Gasteiger partial charge in [0, 0.05) is 14.1 Å². The summed E-state index contributed by atoms with van der Waals surface area (Å²) in [6, 6.07) is 5.00. The fourth-order valence-corrected chi connectivity index (χ4v) is 2.27. The number of anilines is 1. The van der Waals surface area contributed by atoms with Gasteiger partial charge in [0.1, 0.15) is 5.52 Å². The van der Waals surface area contributed by atoms with Crippen molar-refractivity contribution in [3.05, 3.63) is 23.3 Å². The summed E-state index contributed by atoms with van der Waals surface area (Å²) < 4.78 is 5.73. The highest BCUT2D eigenvalue weighted by Crippen LogP contribution is 2.25. The number of nitrogens with one attached hydrogen (secondary N) is 1. The van der Waals surface area contributed by atoms with Crippen LogP contribution in [-0.4, -0.2) is 32.2 Å². The highest BCUT2D eigenvalue weighted by atomic mass is 16.4. The standard InChI is InChI=1S/C13H17N3O/c1-16(2)13-15-11-7-9-3-5-14-6-4-10(9)8-12(11)17-13/h7-8,14H,3-6H2,1-2H3. The fraction of sp³-hybridized carbons (Fsp3) is 0.462. The van der Waals surface area contributed by atoms with Gasteiger partial charge in [-0.3, -0.25) is 0 Å².